The number of carbonyl (C=O) groups excluding carboxylic acids is 3. The van der Waals surface area contributed by atoms with Gasteiger partial charge in [-0.15, -0.1) is 0 Å². The summed E-state index contributed by atoms with van der Waals surface area (Å²) in [5.41, 5.74) is 1.74. The first-order chi connectivity index (χ1) is 20.9. The third-order valence-electron chi connectivity index (χ3n) is 8.43. The summed E-state index contributed by atoms with van der Waals surface area (Å²) in [5, 5.41) is 0. The van der Waals surface area contributed by atoms with E-state index < -0.39 is 41.8 Å². The number of hydrogen-bond acceptors (Lipinski definition) is 5. The van der Waals surface area contributed by atoms with E-state index >= 15 is 0 Å². The van der Waals surface area contributed by atoms with Crippen molar-refractivity contribution in [2.45, 2.75) is 64.4 Å². The molecule has 0 aromatic heterocycles. The van der Waals surface area contributed by atoms with Gasteiger partial charge in [0.05, 0.1) is 24.6 Å². The van der Waals surface area contributed by atoms with E-state index in [2.05, 4.69) is 0 Å². The van der Waals surface area contributed by atoms with Crippen molar-refractivity contribution in [3.05, 3.63) is 89.0 Å². The lowest BCUT2D eigenvalue weighted by molar-refractivity contribution is -0.137. The molecular weight excluding hydrogens is 573 g/mol. The summed E-state index contributed by atoms with van der Waals surface area (Å²) in [7, 11) is 1.46. The third kappa shape index (κ3) is 6.16. The topological polar surface area (TPSA) is 76.2 Å². The molecule has 2 fully saturated rings. The zero-order valence-electron chi connectivity index (χ0n) is 25.1. The Hall–Kier alpha value is -4.34. The van der Waals surface area contributed by atoms with E-state index in [0.717, 1.165) is 35.4 Å². The van der Waals surface area contributed by atoms with Crippen molar-refractivity contribution >= 4 is 17.9 Å². The molecule has 44 heavy (non-hydrogen) atoms. The molecular formula is C34H35F3N2O5. The smallest absolute Gasteiger partial charge is 0.417 e. The fourth-order valence-electron chi connectivity index (χ4n) is 5.71. The van der Waals surface area contributed by atoms with Gasteiger partial charge in [0.2, 0.25) is 11.8 Å². The number of amides is 3. The number of benzene rings is 3. The van der Waals surface area contributed by atoms with Gasteiger partial charge in [0.1, 0.15) is 11.9 Å². The molecule has 1 saturated heterocycles. The molecule has 232 valence electrons. The Bertz CT molecular complexity index is 1550. The van der Waals surface area contributed by atoms with Gasteiger partial charge in [-0.3, -0.25) is 9.59 Å². The lowest BCUT2D eigenvalue weighted by Crippen LogP contribution is -2.40. The molecule has 0 spiro atoms. The lowest BCUT2D eigenvalue weighted by atomic mass is 9.91. The van der Waals surface area contributed by atoms with Crippen molar-refractivity contribution in [1.29, 1.82) is 0 Å². The Balaban J connectivity index is 1.50. The van der Waals surface area contributed by atoms with Crippen LogP contribution in [0.25, 0.3) is 11.1 Å². The van der Waals surface area contributed by atoms with Crippen molar-refractivity contribution in [2.24, 2.45) is 5.92 Å². The van der Waals surface area contributed by atoms with Crippen LogP contribution < -0.4 is 4.74 Å². The van der Waals surface area contributed by atoms with Crippen molar-refractivity contribution < 1.29 is 37.0 Å². The first kappa shape index (κ1) is 31.1. The highest BCUT2D eigenvalue weighted by atomic mass is 19.4. The fourth-order valence-corrected chi connectivity index (χ4v) is 5.71. The van der Waals surface area contributed by atoms with Gasteiger partial charge < -0.3 is 14.4 Å². The molecule has 3 amide bonds. The van der Waals surface area contributed by atoms with Gasteiger partial charge in [-0.1, -0.05) is 42.5 Å². The van der Waals surface area contributed by atoms with Crippen molar-refractivity contribution in [1.82, 2.24) is 9.80 Å². The second-order valence-electron chi connectivity index (χ2n) is 11.3. The van der Waals surface area contributed by atoms with E-state index in [9.17, 15) is 27.6 Å². The fraction of sp³-hybridized carbons (Fsp3) is 0.382. The molecule has 1 aliphatic carbocycles. The number of carbonyl (C=O) groups is 3. The van der Waals surface area contributed by atoms with Gasteiger partial charge >= 0.3 is 12.3 Å². The predicted octanol–water partition coefficient (Wildman–Crippen LogP) is 7.35. The average Bonchev–Trinajstić information content (AvgIpc) is 3.82. The summed E-state index contributed by atoms with van der Waals surface area (Å²) in [6.07, 6.45) is -4.36. The number of cyclic esters (lactones) is 1. The molecule has 0 N–H and O–H groups in total. The maximum absolute atomic E-state index is 13.8. The van der Waals surface area contributed by atoms with Crippen molar-refractivity contribution in [2.75, 3.05) is 13.7 Å². The molecule has 3 aromatic rings. The molecule has 7 nitrogen and oxygen atoms in total. The van der Waals surface area contributed by atoms with E-state index in [1.54, 1.807) is 43.9 Å². The van der Waals surface area contributed by atoms with Crippen LogP contribution in [0, 0.1) is 5.92 Å². The van der Waals surface area contributed by atoms with Gasteiger partial charge in [0.15, 0.2) is 0 Å². The molecule has 5 rings (SSSR count). The highest BCUT2D eigenvalue weighted by molar-refractivity contribution is 5.97. The molecule has 1 aliphatic heterocycles. The highest BCUT2D eigenvalue weighted by Gasteiger charge is 2.45. The number of alkyl halides is 3. The van der Waals surface area contributed by atoms with Gasteiger partial charge in [0.25, 0.3) is 0 Å². The van der Waals surface area contributed by atoms with Crippen LogP contribution in [-0.4, -0.2) is 47.4 Å². The van der Waals surface area contributed by atoms with Crippen molar-refractivity contribution in [3.63, 3.8) is 0 Å². The Labute approximate surface area is 254 Å². The van der Waals surface area contributed by atoms with Crippen LogP contribution in [0.15, 0.2) is 66.7 Å². The minimum atomic E-state index is -4.57. The maximum Gasteiger partial charge on any atom is 0.417 e. The standard InChI is InChI=1S/C34H35F3N2O5/c1-5-38(32(41)23-11-12-23)19-25-17-26(34(35,36)37)14-15-27(25)28-18-24(13-16-29(28)43-4)20(2)31(40)39-21(3)30(44-33(39)42)22-9-7-6-8-10-22/h6-10,13-18,20-21,23,30H,5,11-12,19H2,1-4H3/t20-,21+,30+/m0/s1. The Morgan fingerprint density at radius 2 is 1.75 bits per heavy atom. The molecule has 3 atom stereocenters. The largest absolute Gasteiger partial charge is 0.496 e. The quantitative estimate of drug-likeness (QED) is 0.254. The molecule has 0 unspecified atom stereocenters. The summed E-state index contributed by atoms with van der Waals surface area (Å²) < 4.78 is 52.5. The molecule has 1 saturated carbocycles. The summed E-state index contributed by atoms with van der Waals surface area (Å²) in [5.74, 6) is -1.02. The molecule has 0 bridgehead atoms. The van der Waals surface area contributed by atoms with Crippen LogP contribution >= 0.6 is 0 Å². The second kappa shape index (κ2) is 12.3. The van der Waals surface area contributed by atoms with Gasteiger partial charge in [0, 0.05) is 24.6 Å². The van der Waals surface area contributed by atoms with Crippen LogP contribution in [0.4, 0.5) is 18.0 Å². The van der Waals surface area contributed by atoms with E-state index in [4.69, 9.17) is 9.47 Å². The van der Waals surface area contributed by atoms with Crippen LogP contribution in [0.3, 0.4) is 0 Å². The monoisotopic (exact) mass is 608 g/mol. The Kier molecular flexibility index (Phi) is 8.72. The van der Waals surface area contributed by atoms with Crippen molar-refractivity contribution in [3.8, 4) is 16.9 Å². The second-order valence-corrected chi connectivity index (χ2v) is 11.3. The summed E-state index contributed by atoms with van der Waals surface area (Å²) in [4.78, 5) is 42.2. The Morgan fingerprint density at radius 1 is 1.05 bits per heavy atom. The highest BCUT2D eigenvalue weighted by Crippen LogP contribution is 2.41. The van der Waals surface area contributed by atoms with Gasteiger partial charge in [-0.2, -0.15) is 13.2 Å². The average molecular weight is 609 g/mol. The third-order valence-corrected chi connectivity index (χ3v) is 8.43. The normalized spacial score (nSPS) is 19.0. The zero-order valence-corrected chi connectivity index (χ0v) is 25.1. The number of rotatable bonds is 9. The van der Waals surface area contributed by atoms with Gasteiger partial charge in [-0.05, 0) is 80.1 Å². The summed E-state index contributed by atoms with van der Waals surface area (Å²) in [6, 6.07) is 17.1. The first-order valence-electron chi connectivity index (χ1n) is 14.7. The SMILES string of the molecule is CCN(Cc1cc(C(F)(F)F)ccc1-c1cc([C@H](C)C(=O)N2C(=O)O[C@@H](c3ccccc3)[C@H]2C)ccc1OC)C(=O)C1CC1. The van der Waals surface area contributed by atoms with Crippen LogP contribution in [0.5, 0.6) is 5.75 Å². The minimum absolute atomic E-state index is 0.00897. The molecule has 10 heteroatoms. The molecule has 3 aromatic carbocycles. The van der Waals surface area contributed by atoms with E-state index in [-0.39, 0.29) is 18.4 Å². The molecule has 1 heterocycles. The van der Waals surface area contributed by atoms with E-state index in [1.807, 2.05) is 30.3 Å². The number of imide groups is 1. The summed E-state index contributed by atoms with van der Waals surface area (Å²) >= 11 is 0. The number of ether oxygens (including phenoxy) is 2. The van der Waals surface area contributed by atoms with Crippen LogP contribution in [-0.2, 0) is 27.0 Å². The van der Waals surface area contributed by atoms with Gasteiger partial charge in [-0.25, -0.2) is 9.69 Å². The predicted molar refractivity (Wildman–Crippen MR) is 158 cm³/mol. The molecule has 2 aliphatic rings. The number of hydrogen-bond donors (Lipinski definition) is 0. The molecule has 0 radical (unpaired) electrons. The van der Waals surface area contributed by atoms with E-state index in [1.165, 1.54) is 13.2 Å². The lowest BCUT2D eigenvalue weighted by Gasteiger charge is -2.25. The van der Waals surface area contributed by atoms with E-state index in [0.29, 0.717) is 34.5 Å². The van der Waals surface area contributed by atoms with Crippen LogP contribution in [0.2, 0.25) is 0 Å². The Morgan fingerprint density at radius 3 is 2.36 bits per heavy atom. The first-order valence-corrected chi connectivity index (χ1v) is 14.7. The van der Waals surface area contributed by atoms with Crippen LogP contribution in [0.1, 0.15) is 67.9 Å². The summed E-state index contributed by atoms with van der Waals surface area (Å²) in [6.45, 7) is 5.57. The number of methoxy groups -OCH3 is 1. The number of halogens is 3. The minimum Gasteiger partial charge on any atom is -0.496 e. The zero-order chi connectivity index (χ0) is 31.8. The maximum atomic E-state index is 13.8. The number of nitrogens with zero attached hydrogens (tertiary/aromatic N) is 2.